The number of rotatable bonds is 6. The maximum absolute atomic E-state index is 9.78. The molecule has 0 bridgehead atoms. The Balaban J connectivity index is 1.71. The Morgan fingerprint density at radius 2 is 1.96 bits per heavy atom. The normalized spacial score (nSPS) is 16.8. The molecule has 0 fully saturated rings. The summed E-state index contributed by atoms with van der Waals surface area (Å²) in [6.07, 6.45) is 5.90. The molecule has 124 valence electrons. The lowest BCUT2D eigenvalue weighted by molar-refractivity contribution is 0.235. The third kappa shape index (κ3) is 3.82. The lowest BCUT2D eigenvalue weighted by Gasteiger charge is -2.21. The molecule has 0 amide bonds. The van der Waals surface area contributed by atoms with E-state index in [1.165, 1.54) is 35.4 Å². The summed E-state index contributed by atoms with van der Waals surface area (Å²) in [5.74, 6) is 0. The van der Waals surface area contributed by atoms with E-state index in [9.17, 15) is 5.11 Å². The summed E-state index contributed by atoms with van der Waals surface area (Å²) in [7, 11) is 0. The van der Waals surface area contributed by atoms with Gasteiger partial charge in [-0.2, -0.15) is 0 Å². The fraction of sp³-hybridized carbons (Fsp3) is 0.526. The SMILES string of the molecule is CCc1ccc(C(CO)NC(C)c2nc3c(s2)CCCC3)cc1. The van der Waals surface area contributed by atoms with Crippen molar-refractivity contribution in [1.82, 2.24) is 10.3 Å². The number of hydrogen-bond donors (Lipinski definition) is 2. The van der Waals surface area contributed by atoms with Gasteiger partial charge in [-0.25, -0.2) is 4.98 Å². The zero-order chi connectivity index (χ0) is 16.2. The van der Waals surface area contributed by atoms with E-state index in [0.717, 1.165) is 23.4 Å². The quantitative estimate of drug-likeness (QED) is 0.842. The zero-order valence-corrected chi connectivity index (χ0v) is 14.8. The molecule has 3 rings (SSSR count). The van der Waals surface area contributed by atoms with Crippen LogP contribution in [0.15, 0.2) is 24.3 Å². The maximum atomic E-state index is 9.78. The lowest BCUT2D eigenvalue weighted by atomic mass is 10.0. The monoisotopic (exact) mass is 330 g/mol. The molecule has 2 N–H and O–H groups in total. The number of fused-ring (bicyclic) bond motifs is 1. The Morgan fingerprint density at radius 1 is 1.22 bits per heavy atom. The first-order valence-electron chi connectivity index (χ1n) is 8.65. The molecule has 2 atom stereocenters. The van der Waals surface area contributed by atoms with Gasteiger partial charge in [-0.3, -0.25) is 5.32 Å². The lowest BCUT2D eigenvalue weighted by Crippen LogP contribution is -2.27. The number of benzene rings is 1. The number of nitrogens with one attached hydrogen (secondary N) is 1. The second kappa shape index (κ2) is 7.56. The molecule has 2 aromatic rings. The number of nitrogens with zero attached hydrogens (tertiary/aromatic N) is 1. The number of hydrogen-bond acceptors (Lipinski definition) is 4. The molecule has 1 heterocycles. The summed E-state index contributed by atoms with van der Waals surface area (Å²) >= 11 is 1.84. The summed E-state index contributed by atoms with van der Waals surface area (Å²) in [4.78, 5) is 6.30. The van der Waals surface area contributed by atoms with Crippen LogP contribution < -0.4 is 5.32 Å². The van der Waals surface area contributed by atoms with Crippen LogP contribution >= 0.6 is 11.3 Å². The maximum Gasteiger partial charge on any atom is 0.110 e. The summed E-state index contributed by atoms with van der Waals surface area (Å²) in [6, 6.07) is 8.64. The smallest absolute Gasteiger partial charge is 0.110 e. The van der Waals surface area contributed by atoms with E-state index in [0.29, 0.717) is 0 Å². The minimum Gasteiger partial charge on any atom is -0.394 e. The van der Waals surface area contributed by atoms with Crippen molar-refractivity contribution in [3.8, 4) is 0 Å². The molecule has 0 saturated carbocycles. The van der Waals surface area contributed by atoms with Crippen molar-refractivity contribution < 1.29 is 5.11 Å². The largest absolute Gasteiger partial charge is 0.394 e. The summed E-state index contributed by atoms with van der Waals surface area (Å²) in [5.41, 5.74) is 3.77. The van der Waals surface area contributed by atoms with Crippen LogP contribution in [0.25, 0.3) is 0 Å². The van der Waals surface area contributed by atoms with Crippen LogP contribution in [0, 0.1) is 0 Å². The Kier molecular flexibility index (Phi) is 5.46. The molecule has 1 aromatic heterocycles. The molecule has 1 aliphatic carbocycles. The molecular weight excluding hydrogens is 304 g/mol. The first kappa shape index (κ1) is 16.6. The summed E-state index contributed by atoms with van der Waals surface area (Å²) < 4.78 is 0. The van der Waals surface area contributed by atoms with Crippen LogP contribution in [0.2, 0.25) is 0 Å². The molecule has 2 unspecified atom stereocenters. The van der Waals surface area contributed by atoms with Crippen molar-refractivity contribution in [2.75, 3.05) is 6.61 Å². The fourth-order valence-electron chi connectivity index (χ4n) is 3.17. The van der Waals surface area contributed by atoms with Crippen molar-refractivity contribution in [3.05, 3.63) is 51.0 Å². The highest BCUT2D eigenvalue weighted by molar-refractivity contribution is 7.11. The van der Waals surface area contributed by atoms with Gasteiger partial charge in [0.15, 0.2) is 0 Å². The van der Waals surface area contributed by atoms with Crippen molar-refractivity contribution >= 4 is 11.3 Å². The van der Waals surface area contributed by atoms with Gasteiger partial charge in [0, 0.05) is 4.88 Å². The first-order chi connectivity index (χ1) is 11.2. The van der Waals surface area contributed by atoms with Gasteiger partial charge in [-0.1, -0.05) is 31.2 Å². The predicted octanol–water partition coefficient (Wildman–Crippen LogP) is 3.97. The molecule has 0 aliphatic heterocycles. The van der Waals surface area contributed by atoms with Gasteiger partial charge >= 0.3 is 0 Å². The molecule has 3 nitrogen and oxygen atoms in total. The molecule has 1 aliphatic rings. The highest BCUT2D eigenvalue weighted by Crippen LogP contribution is 2.30. The molecule has 4 heteroatoms. The number of aliphatic hydroxyl groups excluding tert-OH is 1. The van der Waals surface area contributed by atoms with E-state index in [1.54, 1.807) is 0 Å². The summed E-state index contributed by atoms with van der Waals surface area (Å²) in [5, 5.41) is 14.5. The van der Waals surface area contributed by atoms with E-state index in [2.05, 4.69) is 43.4 Å². The third-order valence-electron chi connectivity index (χ3n) is 4.66. The van der Waals surface area contributed by atoms with Crippen molar-refractivity contribution in [3.63, 3.8) is 0 Å². The van der Waals surface area contributed by atoms with Crippen LogP contribution in [-0.2, 0) is 19.3 Å². The number of thiazole rings is 1. The zero-order valence-electron chi connectivity index (χ0n) is 14.0. The average Bonchev–Trinajstić information content (AvgIpc) is 3.04. The molecule has 0 radical (unpaired) electrons. The van der Waals surface area contributed by atoms with E-state index < -0.39 is 0 Å². The molecule has 23 heavy (non-hydrogen) atoms. The van der Waals surface area contributed by atoms with Gasteiger partial charge in [-0.05, 0) is 50.2 Å². The van der Waals surface area contributed by atoms with Gasteiger partial charge in [-0.15, -0.1) is 11.3 Å². The van der Waals surface area contributed by atoms with Crippen molar-refractivity contribution in [1.29, 1.82) is 0 Å². The van der Waals surface area contributed by atoms with E-state index >= 15 is 0 Å². The second-order valence-electron chi connectivity index (χ2n) is 6.35. The first-order valence-corrected chi connectivity index (χ1v) is 9.47. The third-order valence-corrected chi connectivity index (χ3v) is 6.00. The van der Waals surface area contributed by atoms with E-state index in [-0.39, 0.29) is 18.7 Å². The topological polar surface area (TPSA) is 45.1 Å². The van der Waals surface area contributed by atoms with E-state index in [4.69, 9.17) is 4.98 Å². The highest BCUT2D eigenvalue weighted by atomic mass is 32.1. The molecule has 1 aromatic carbocycles. The minimum absolute atomic E-state index is 0.0446. The highest BCUT2D eigenvalue weighted by Gasteiger charge is 2.21. The average molecular weight is 330 g/mol. The number of aromatic nitrogens is 1. The molecular formula is C19H26N2OS. The second-order valence-corrected chi connectivity index (χ2v) is 7.46. The summed E-state index contributed by atoms with van der Waals surface area (Å²) in [6.45, 7) is 4.40. The molecule has 0 saturated heterocycles. The van der Waals surface area contributed by atoms with Crippen LogP contribution in [0.4, 0.5) is 0 Å². The van der Waals surface area contributed by atoms with Crippen LogP contribution in [-0.4, -0.2) is 16.7 Å². The van der Waals surface area contributed by atoms with Crippen LogP contribution in [0.3, 0.4) is 0 Å². The minimum atomic E-state index is -0.0446. The standard InChI is InChI=1S/C19H26N2OS/c1-3-14-8-10-15(11-9-14)17(12-22)20-13(2)19-21-16-6-4-5-7-18(16)23-19/h8-11,13,17,20,22H,3-7,12H2,1-2H3. The Hall–Kier alpha value is -1.23. The van der Waals surface area contributed by atoms with Crippen molar-refractivity contribution in [2.45, 2.75) is 58.0 Å². The molecule has 0 spiro atoms. The fourth-order valence-corrected chi connectivity index (χ4v) is 4.34. The van der Waals surface area contributed by atoms with Gasteiger partial charge in [0.25, 0.3) is 0 Å². The van der Waals surface area contributed by atoms with Gasteiger partial charge in [0.2, 0.25) is 0 Å². The van der Waals surface area contributed by atoms with Gasteiger partial charge < -0.3 is 5.11 Å². The van der Waals surface area contributed by atoms with E-state index in [1.807, 2.05) is 11.3 Å². The Bertz CT molecular complexity index is 612. The predicted molar refractivity (Wildman–Crippen MR) is 96.0 cm³/mol. The number of aliphatic hydroxyl groups is 1. The van der Waals surface area contributed by atoms with Crippen LogP contribution in [0.1, 0.15) is 65.5 Å². The Morgan fingerprint density at radius 3 is 2.61 bits per heavy atom. The van der Waals surface area contributed by atoms with Crippen LogP contribution in [0.5, 0.6) is 0 Å². The number of aryl methyl sites for hydroxylation is 3. The van der Waals surface area contributed by atoms with Gasteiger partial charge in [0.1, 0.15) is 5.01 Å². The van der Waals surface area contributed by atoms with Crippen molar-refractivity contribution in [2.24, 2.45) is 0 Å². The van der Waals surface area contributed by atoms with Gasteiger partial charge in [0.05, 0.1) is 24.4 Å². The Labute approximate surface area is 142 Å².